The molecule has 0 aliphatic heterocycles. The molecule has 0 aromatic heterocycles. The van der Waals surface area contributed by atoms with Crippen LogP contribution in [0.3, 0.4) is 0 Å². The predicted molar refractivity (Wildman–Crippen MR) is 57.7 cm³/mol. The molecule has 1 aromatic rings. The second-order valence-electron chi connectivity index (χ2n) is 3.28. The number of nitrogens with one attached hydrogen (secondary N) is 1. The number of benzene rings is 1. The number of hydrogen-bond acceptors (Lipinski definition) is 2. The molecule has 0 heterocycles. The predicted octanol–water partition coefficient (Wildman–Crippen LogP) is 2.27. The molecule has 0 saturated heterocycles. The number of rotatable bonds is 4. The van der Waals surface area contributed by atoms with Gasteiger partial charge in [0.15, 0.2) is 5.78 Å². The van der Waals surface area contributed by atoms with Crippen LogP contribution < -0.4 is 5.32 Å². The number of hydrogen-bond donors (Lipinski definition) is 1. The highest BCUT2D eigenvalue weighted by Gasteiger charge is 1.92. The minimum atomic E-state index is 0.0723. The smallest absolute Gasteiger partial charge is 0.154 e. The van der Waals surface area contributed by atoms with Crippen molar-refractivity contribution in [2.24, 2.45) is 0 Å². The normalized spacial score (nSPS) is 11.1. The topological polar surface area (TPSA) is 29.1 Å². The second kappa shape index (κ2) is 5.22. The molecule has 2 nitrogen and oxygen atoms in total. The first-order valence-corrected chi connectivity index (χ1v) is 4.65. The first kappa shape index (κ1) is 10.5. The molecule has 0 bridgehead atoms. The van der Waals surface area contributed by atoms with Crippen LogP contribution in [0.2, 0.25) is 0 Å². The number of carbonyl (C=O) groups excluding carboxylic acids is 1. The van der Waals surface area contributed by atoms with Crippen molar-refractivity contribution in [3.8, 4) is 0 Å². The van der Waals surface area contributed by atoms with Gasteiger partial charge in [-0.25, -0.2) is 0 Å². The van der Waals surface area contributed by atoms with Gasteiger partial charge in [0.25, 0.3) is 0 Å². The Morgan fingerprint density at radius 1 is 1.29 bits per heavy atom. The van der Waals surface area contributed by atoms with E-state index in [1.165, 1.54) is 5.56 Å². The zero-order valence-electron chi connectivity index (χ0n) is 8.58. The Kier molecular flexibility index (Phi) is 3.92. The average Bonchev–Trinajstić information content (AvgIpc) is 2.15. The number of carbonyl (C=O) groups is 1. The summed E-state index contributed by atoms with van der Waals surface area (Å²) in [6.45, 7) is 4.20. The van der Waals surface area contributed by atoms with Crippen LogP contribution in [0.15, 0.2) is 42.1 Å². The maximum Gasteiger partial charge on any atom is 0.154 e. The van der Waals surface area contributed by atoms with Crippen LogP contribution in [-0.4, -0.2) is 5.78 Å². The summed E-state index contributed by atoms with van der Waals surface area (Å²) in [5, 5.41) is 3.17. The molecule has 0 unspecified atom stereocenters. The van der Waals surface area contributed by atoms with Crippen LogP contribution >= 0.6 is 0 Å². The lowest BCUT2D eigenvalue weighted by atomic mass is 10.2. The molecule has 0 aliphatic carbocycles. The van der Waals surface area contributed by atoms with Gasteiger partial charge in [-0.3, -0.25) is 4.79 Å². The monoisotopic (exact) mass is 189 g/mol. The molecule has 0 saturated carbocycles. The van der Waals surface area contributed by atoms with Crippen LogP contribution in [0.5, 0.6) is 0 Å². The summed E-state index contributed by atoms with van der Waals surface area (Å²) in [6, 6.07) is 10.1. The highest BCUT2D eigenvalue weighted by atomic mass is 16.1. The van der Waals surface area contributed by atoms with E-state index in [-0.39, 0.29) is 5.78 Å². The maximum atomic E-state index is 10.7. The Bertz CT molecular complexity index is 327. The molecule has 1 aromatic carbocycles. The molecule has 0 atom stereocenters. The van der Waals surface area contributed by atoms with Crippen LogP contribution in [0.1, 0.15) is 19.4 Å². The van der Waals surface area contributed by atoms with Crippen molar-refractivity contribution in [1.82, 2.24) is 5.32 Å². The molecule has 2 heteroatoms. The second-order valence-corrected chi connectivity index (χ2v) is 3.28. The van der Waals surface area contributed by atoms with Gasteiger partial charge in [0.05, 0.1) is 0 Å². The Hall–Kier alpha value is -1.57. The van der Waals surface area contributed by atoms with Crippen molar-refractivity contribution in [2.45, 2.75) is 20.4 Å². The zero-order chi connectivity index (χ0) is 10.4. The first-order valence-electron chi connectivity index (χ1n) is 4.65. The highest BCUT2D eigenvalue weighted by Crippen LogP contribution is 1.99. The van der Waals surface area contributed by atoms with E-state index >= 15 is 0 Å². The van der Waals surface area contributed by atoms with Gasteiger partial charge in [0, 0.05) is 12.2 Å². The third kappa shape index (κ3) is 3.90. The Labute approximate surface area is 84.6 Å². The largest absolute Gasteiger partial charge is 0.384 e. The molecule has 1 N–H and O–H groups in total. The van der Waals surface area contributed by atoms with Gasteiger partial charge in [-0.05, 0) is 25.5 Å². The van der Waals surface area contributed by atoms with Crippen LogP contribution in [0.4, 0.5) is 0 Å². The van der Waals surface area contributed by atoms with Gasteiger partial charge in [0.1, 0.15) is 0 Å². The van der Waals surface area contributed by atoms with Gasteiger partial charge in [0.2, 0.25) is 0 Å². The minimum Gasteiger partial charge on any atom is -0.384 e. The van der Waals surface area contributed by atoms with E-state index < -0.39 is 0 Å². The summed E-state index contributed by atoms with van der Waals surface area (Å²) in [7, 11) is 0. The maximum absolute atomic E-state index is 10.7. The lowest BCUT2D eigenvalue weighted by Gasteiger charge is -2.05. The van der Waals surface area contributed by atoms with Crippen LogP contribution in [0.25, 0.3) is 0 Å². The van der Waals surface area contributed by atoms with E-state index in [0.29, 0.717) is 0 Å². The quantitative estimate of drug-likeness (QED) is 0.736. The summed E-state index contributed by atoms with van der Waals surface area (Å²) in [4.78, 5) is 10.7. The standard InChI is InChI=1S/C12H15NO/c1-10(8-11(2)14)13-9-12-6-4-3-5-7-12/h3-8,13H,9H2,1-2H3/b10-8-. The van der Waals surface area contributed by atoms with Crippen molar-refractivity contribution in [2.75, 3.05) is 0 Å². The van der Waals surface area contributed by atoms with Gasteiger partial charge in [-0.1, -0.05) is 30.3 Å². The van der Waals surface area contributed by atoms with Crippen molar-refractivity contribution in [3.63, 3.8) is 0 Å². The van der Waals surface area contributed by atoms with E-state index in [0.717, 1.165) is 12.2 Å². The zero-order valence-corrected chi connectivity index (χ0v) is 8.58. The molecule has 74 valence electrons. The summed E-state index contributed by atoms with van der Waals surface area (Å²) in [5.74, 6) is 0.0723. The van der Waals surface area contributed by atoms with Crippen LogP contribution in [0, 0.1) is 0 Å². The molecule has 0 spiro atoms. The molecular weight excluding hydrogens is 174 g/mol. The summed E-state index contributed by atoms with van der Waals surface area (Å²) >= 11 is 0. The molecule has 0 fully saturated rings. The van der Waals surface area contributed by atoms with Crippen LogP contribution in [-0.2, 0) is 11.3 Å². The van der Waals surface area contributed by atoms with Gasteiger partial charge >= 0.3 is 0 Å². The van der Waals surface area contributed by atoms with Gasteiger partial charge < -0.3 is 5.32 Å². The van der Waals surface area contributed by atoms with Crippen molar-refractivity contribution in [3.05, 3.63) is 47.7 Å². The van der Waals surface area contributed by atoms with E-state index in [1.807, 2.05) is 37.3 Å². The highest BCUT2D eigenvalue weighted by molar-refractivity contribution is 5.87. The molecule has 0 radical (unpaired) electrons. The molecule has 0 aliphatic rings. The fourth-order valence-electron chi connectivity index (χ4n) is 1.19. The first-order chi connectivity index (χ1) is 6.68. The van der Waals surface area contributed by atoms with E-state index in [4.69, 9.17) is 0 Å². The lowest BCUT2D eigenvalue weighted by molar-refractivity contribution is -0.112. The minimum absolute atomic E-state index is 0.0723. The van der Waals surface area contributed by atoms with E-state index in [1.54, 1.807) is 13.0 Å². The fourth-order valence-corrected chi connectivity index (χ4v) is 1.19. The van der Waals surface area contributed by atoms with Crippen molar-refractivity contribution >= 4 is 5.78 Å². The molecule has 0 amide bonds. The molecule has 14 heavy (non-hydrogen) atoms. The summed E-state index contributed by atoms with van der Waals surface area (Å²) in [5.41, 5.74) is 2.12. The average molecular weight is 189 g/mol. The Morgan fingerprint density at radius 3 is 2.50 bits per heavy atom. The Morgan fingerprint density at radius 2 is 1.93 bits per heavy atom. The van der Waals surface area contributed by atoms with E-state index in [2.05, 4.69) is 5.32 Å². The third-order valence-electron chi connectivity index (χ3n) is 1.83. The lowest BCUT2D eigenvalue weighted by Crippen LogP contribution is -2.11. The third-order valence-corrected chi connectivity index (χ3v) is 1.83. The van der Waals surface area contributed by atoms with Crippen molar-refractivity contribution < 1.29 is 4.79 Å². The van der Waals surface area contributed by atoms with Crippen molar-refractivity contribution in [1.29, 1.82) is 0 Å². The molecular formula is C12H15NO. The Balaban J connectivity index is 2.45. The molecule has 1 rings (SSSR count). The summed E-state index contributed by atoms with van der Waals surface area (Å²) < 4.78 is 0. The number of allylic oxidation sites excluding steroid dienone is 2. The fraction of sp³-hybridized carbons (Fsp3) is 0.250. The van der Waals surface area contributed by atoms with Gasteiger partial charge in [-0.15, -0.1) is 0 Å². The van der Waals surface area contributed by atoms with Gasteiger partial charge in [-0.2, -0.15) is 0 Å². The number of ketones is 1. The van der Waals surface area contributed by atoms with E-state index in [9.17, 15) is 4.79 Å². The summed E-state index contributed by atoms with van der Waals surface area (Å²) in [6.07, 6.45) is 1.60. The SMILES string of the molecule is CC(=O)/C=C(/C)NCc1ccccc1.